The van der Waals surface area contributed by atoms with Crippen LogP contribution < -0.4 is 0 Å². The van der Waals surface area contributed by atoms with Crippen LogP contribution in [0.2, 0.25) is 0 Å². The lowest BCUT2D eigenvalue weighted by molar-refractivity contribution is -0.141. The summed E-state index contributed by atoms with van der Waals surface area (Å²) in [5, 5.41) is 8.78. The second kappa shape index (κ2) is 6.76. The van der Waals surface area contributed by atoms with E-state index < -0.39 is 0 Å². The number of nitrogens with zero attached hydrogens (tertiary/aromatic N) is 2. The molecule has 0 atom stereocenters. The summed E-state index contributed by atoms with van der Waals surface area (Å²) in [7, 11) is 1.42. The van der Waals surface area contributed by atoms with Crippen LogP contribution in [-0.2, 0) is 9.53 Å². The zero-order chi connectivity index (χ0) is 11.1. The summed E-state index contributed by atoms with van der Waals surface area (Å²) < 4.78 is 4.59. The first kappa shape index (κ1) is 12.4. The van der Waals surface area contributed by atoms with E-state index in [2.05, 4.69) is 14.5 Å². The van der Waals surface area contributed by atoms with Gasteiger partial charge in [-0.3, -0.25) is 9.69 Å². The van der Waals surface area contributed by atoms with E-state index in [4.69, 9.17) is 5.11 Å². The maximum atomic E-state index is 10.9. The van der Waals surface area contributed by atoms with Crippen molar-refractivity contribution in [2.24, 2.45) is 0 Å². The Balaban J connectivity index is 2.12. The monoisotopic (exact) mass is 216 g/mol. The molecule has 1 rings (SSSR count). The summed E-state index contributed by atoms with van der Waals surface area (Å²) in [6.07, 6.45) is 0.469. The highest BCUT2D eigenvalue weighted by Gasteiger charge is 2.16. The van der Waals surface area contributed by atoms with E-state index in [0.29, 0.717) is 6.42 Å². The summed E-state index contributed by atoms with van der Waals surface area (Å²) in [6.45, 7) is 5.64. The number of hydrogen-bond acceptors (Lipinski definition) is 5. The molecule has 0 saturated carbocycles. The van der Waals surface area contributed by atoms with Crippen molar-refractivity contribution in [2.75, 3.05) is 53.0 Å². The standard InChI is InChI=1S/C10H20N2O3/c1-15-10(14)2-3-11-4-6-12(7-5-11)8-9-13/h13H,2-9H2,1H3. The van der Waals surface area contributed by atoms with Gasteiger partial charge in [0.25, 0.3) is 0 Å². The van der Waals surface area contributed by atoms with Crippen molar-refractivity contribution in [3.05, 3.63) is 0 Å². The number of rotatable bonds is 5. The molecule has 0 unspecified atom stereocenters. The number of methoxy groups -OCH3 is 1. The highest BCUT2D eigenvalue weighted by atomic mass is 16.5. The lowest BCUT2D eigenvalue weighted by Crippen LogP contribution is -2.47. The van der Waals surface area contributed by atoms with Gasteiger partial charge in [-0.15, -0.1) is 0 Å². The van der Waals surface area contributed by atoms with E-state index in [1.165, 1.54) is 7.11 Å². The smallest absolute Gasteiger partial charge is 0.306 e. The van der Waals surface area contributed by atoms with Crippen LogP contribution in [0.25, 0.3) is 0 Å². The molecule has 0 bridgehead atoms. The van der Waals surface area contributed by atoms with Gasteiger partial charge in [-0.1, -0.05) is 0 Å². The van der Waals surface area contributed by atoms with E-state index >= 15 is 0 Å². The van der Waals surface area contributed by atoms with Gasteiger partial charge in [0.15, 0.2) is 0 Å². The highest BCUT2D eigenvalue weighted by molar-refractivity contribution is 5.69. The van der Waals surface area contributed by atoms with E-state index in [0.717, 1.165) is 39.3 Å². The van der Waals surface area contributed by atoms with Crippen molar-refractivity contribution in [1.82, 2.24) is 9.80 Å². The Morgan fingerprint density at radius 1 is 1.20 bits per heavy atom. The highest BCUT2D eigenvalue weighted by Crippen LogP contribution is 2.02. The lowest BCUT2D eigenvalue weighted by atomic mass is 10.3. The molecule has 1 saturated heterocycles. The number of hydrogen-bond donors (Lipinski definition) is 1. The molecule has 0 amide bonds. The molecule has 5 heteroatoms. The molecule has 1 heterocycles. The molecule has 1 aliphatic rings. The third-order valence-corrected chi connectivity index (χ3v) is 2.74. The van der Waals surface area contributed by atoms with Gasteiger partial charge in [-0.25, -0.2) is 0 Å². The number of carbonyl (C=O) groups is 1. The summed E-state index contributed by atoms with van der Waals surface area (Å²) in [5.41, 5.74) is 0. The maximum absolute atomic E-state index is 10.9. The van der Waals surface area contributed by atoms with Crippen LogP contribution in [0.1, 0.15) is 6.42 Å². The van der Waals surface area contributed by atoms with Crippen LogP contribution in [0.3, 0.4) is 0 Å². The zero-order valence-corrected chi connectivity index (χ0v) is 9.31. The first-order valence-corrected chi connectivity index (χ1v) is 5.38. The van der Waals surface area contributed by atoms with E-state index in [-0.39, 0.29) is 12.6 Å². The molecule has 0 radical (unpaired) electrons. The zero-order valence-electron chi connectivity index (χ0n) is 9.31. The average molecular weight is 216 g/mol. The van der Waals surface area contributed by atoms with Crippen molar-refractivity contribution in [3.8, 4) is 0 Å². The van der Waals surface area contributed by atoms with Gasteiger partial charge in [-0.2, -0.15) is 0 Å². The third-order valence-electron chi connectivity index (χ3n) is 2.74. The SMILES string of the molecule is COC(=O)CCN1CCN(CCO)CC1. The van der Waals surface area contributed by atoms with E-state index in [1.54, 1.807) is 0 Å². The first-order valence-electron chi connectivity index (χ1n) is 5.38. The van der Waals surface area contributed by atoms with Gasteiger partial charge in [0, 0.05) is 39.3 Å². The molecule has 0 aromatic rings. The number of esters is 1. The van der Waals surface area contributed by atoms with Gasteiger partial charge in [0.1, 0.15) is 0 Å². The Morgan fingerprint density at radius 2 is 1.73 bits per heavy atom. The predicted octanol–water partition coefficient (Wildman–Crippen LogP) is -0.841. The first-order chi connectivity index (χ1) is 7.26. The van der Waals surface area contributed by atoms with Gasteiger partial charge < -0.3 is 14.7 Å². The second-order valence-corrected chi connectivity index (χ2v) is 3.73. The Labute approximate surface area is 90.6 Å². The van der Waals surface area contributed by atoms with Crippen molar-refractivity contribution < 1.29 is 14.6 Å². The minimum atomic E-state index is -0.146. The Morgan fingerprint density at radius 3 is 2.20 bits per heavy atom. The van der Waals surface area contributed by atoms with E-state index in [9.17, 15) is 4.79 Å². The minimum absolute atomic E-state index is 0.146. The molecule has 1 aliphatic heterocycles. The number of aliphatic hydroxyl groups is 1. The number of carbonyl (C=O) groups excluding carboxylic acids is 1. The van der Waals surface area contributed by atoms with Crippen LogP contribution in [0.4, 0.5) is 0 Å². The van der Waals surface area contributed by atoms with Gasteiger partial charge in [-0.05, 0) is 0 Å². The maximum Gasteiger partial charge on any atom is 0.306 e. The van der Waals surface area contributed by atoms with Gasteiger partial charge in [0.05, 0.1) is 20.1 Å². The molecule has 5 nitrogen and oxygen atoms in total. The van der Waals surface area contributed by atoms with Crippen LogP contribution >= 0.6 is 0 Å². The fourth-order valence-electron chi connectivity index (χ4n) is 1.73. The van der Waals surface area contributed by atoms with Crippen molar-refractivity contribution in [2.45, 2.75) is 6.42 Å². The molecule has 1 N–H and O–H groups in total. The topological polar surface area (TPSA) is 53.0 Å². The summed E-state index contributed by atoms with van der Waals surface area (Å²) in [5.74, 6) is -0.146. The van der Waals surface area contributed by atoms with Gasteiger partial charge in [0.2, 0.25) is 0 Å². The third kappa shape index (κ3) is 4.59. The van der Waals surface area contributed by atoms with Crippen molar-refractivity contribution in [1.29, 1.82) is 0 Å². The van der Waals surface area contributed by atoms with Crippen molar-refractivity contribution in [3.63, 3.8) is 0 Å². The van der Waals surface area contributed by atoms with Crippen LogP contribution in [0.5, 0.6) is 0 Å². The Bertz CT molecular complexity index is 191. The Kier molecular flexibility index (Phi) is 5.60. The summed E-state index contributed by atoms with van der Waals surface area (Å²) in [4.78, 5) is 15.4. The fraction of sp³-hybridized carbons (Fsp3) is 0.900. The molecular formula is C10H20N2O3. The predicted molar refractivity (Wildman–Crippen MR) is 56.6 cm³/mol. The molecule has 1 fully saturated rings. The fourth-order valence-corrected chi connectivity index (χ4v) is 1.73. The normalized spacial score (nSPS) is 19.1. The van der Waals surface area contributed by atoms with Gasteiger partial charge >= 0.3 is 5.97 Å². The molecular weight excluding hydrogens is 196 g/mol. The van der Waals surface area contributed by atoms with Crippen molar-refractivity contribution >= 4 is 5.97 Å². The average Bonchev–Trinajstić information content (AvgIpc) is 2.28. The molecule has 0 aliphatic carbocycles. The number of piperazine rings is 1. The van der Waals surface area contributed by atoms with Crippen LogP contribution in [0.15, 0.2) is 0 Å². The lowest BCUT2D eigenvalue weighted by Gasteiger charge is -2.34. The summed E-state index contributed by atoms with van der Waals surface area (Å²) in [6, 6.07) is 0. The van der Waals surface area contributed by atoms with Crippen LogP contribution in [-0.4, -0.2) is 73.9 Å². The number of ether oxygens (including phenoxy) is 1. The van der Waals surface area contributed by atoms with Crippen LogP contribution in [0, 0.1) is 0 Å². The molecule has 0 aromatic carbocycles. The quantitative estimate of drug-likeness (QED) is 0.607. The Hall–Kier alpha value is -0.650. The second-order valence-electron chi connectivity index (χ2n) is 3.73. The molecule has 0 aromatic heterocycles. The molecule has 0 spiro atoms. The number of aliphatic hydroxyl groups excluding tert-OH is 1. The number of β-amino-alcohol motifs (C(OH)–C–C–N with tert-alkyl or cyclic N) is 1. The summed E-state index contributed by atoms with van der Waals surface area (Å²) >= 11 is 0. The largest absolute Gasteiger partial charge is 0.469 e. The minimum Gasteiger partial charge on any atom is -0.469 e. The molecule has 15 heavy (non-hydrogen) atoms. The molecule has 88 valence electrons. The van der Waals surface area contributed by atoms with E-state index in [1.807, 2.05) is 0 Å².